The van der Waals surface area contributed by atoms with Gasteiger partial charge in [-0.3, -0.25) is 14.4 Å². The fourth-order valence-corrected chi connectivity index (χ4v) is 3.05. The van der Waals surface area contributed by atoms with E-state index in [2.05, 4.69) is 10.6 Å². The minimum atomic E-state index is -0.851. The Labute approximate surface area is 197 Å². The first-order valence-corrected chi connectivity index (χ1v) is 11.5. The molecule has 0 heterocycles. The molecule has 0 aliphatic heterocycles. The molecule has 2 atom stereocenters. The number of amides is 3. The third kappa shape index (κ3) is 10.1. The average Bonchev–Trinajstić information content (AvgIpc) is 2.73. The SMILES string of the molecule is CC(C)COC(=O)[C@H](C)NC(=O)CN(C(=O)[C@@H](NC(=O)CC(C)C)C(C)C)c1ccccc1. The zero-order valence-corrected chi connectivity index (χ0v) is 20.9. The summed E-state index contributed by atoms with van der Waals surface area (Å²) in [4.78, 5) is 52.0. The Morgan fingerprint density at radius 3 is 1.97 bits per heavy atom. The van der Waals surface area contributed by atoms with Crippen molar-refractivity contribution in [2.24, 2.45) is 17.8 Å². The molecule has 33 heavy (non-hydrogen) atoms. The van der Waals surface area contributed by atoms with Gasteiger partial charge in [-0.25, -0.2) is 4.79 Å². The highest BCUT2D eigenvalue weighted by Gasteiger charge is 2.31. The van der Waals surface area contributed by atoms with Gasteiger partial charge in [0.15, 0.2) is 0 Å². The highest BCUT2D eigenvalue weighted by Crippen LogP contribution is 2.17. The van der Waals surface area contributed by atoms with E-state index in [-0.39, 0.29) is 36.8 Å². The molecule has 0 unspecified atom stereocenters. The van der Waals surface area contributed by atoms with E-state index in [4.69, 9.17) is 4.74 Å². The summed E-state index contributed by atoms with van der Waals surface area (Å²) in [6.45, 7) is 12.9. The highest BCUT2D eigenvalue weighted by atomic mass is 16.5. The Balaban J connectivity index is 3.01. The summed E-state index contributed by atoms with van der Waals surface area (Å²) in [5, 5.41) is 5.42. The molecule has 1 aromatic rings. The third-order valence-electron chi connectivity index (χ3n) is 4.77. The van der Waals surface area contributed by atoms with Crippen LogP contribution in [0.4, 0.5) is 5.69 Å². The Kier molecular flexibility index (Phi) is 11.6. The highest BCUT2D eigenvalue weighted by molar-refractivity contribution is 6.03. The number of carbonyl (C=O) groups is 4. The van der Waals surface area contributed by atoms with Crippen molar-refractivity contribution in [3.63, 3.8) is 0 Å². The van der Waals surface area contributed by atoms with Gasteiger partial charge < -0.3 is 20.3 Å². The fourth-order valence-electron chi connectivity index (χ4n) is 3.05. The van der Waals surface area contributed by atoms with E-state index in [1.165, 1.54) is 11.8 Å². The molecule has 0 fully saturated rings. The van der Waals surface area contributed by atoms with Crippen LogP contribution in [-0.2, 0) is 23.9 Å². The molecule has 0 saturated heterocycles. The number of hydrogen-bond donors (Lipinski definition) is 2. The Morgan fingerprint density at radius 2 is 1.45 bits per heavy atom. The van der Waals surface area contributed by atoms with Crippen LogP contribution < -0.4 is 15.5 Å². The van der Waals surface area contributed by atoms with Crippen LogP contribution in [0.15, 0.2) is 30.3 Å². The van der Waals surface area contributed by atoms with Gasteiger partial charge >= 0.3 is 5.97 Å². The van der Waals surface area contributed by atoms with E-state index in [1.54, 1.807) is 24.3 Å². The van der Waals surface area contributed by atoms with Crippen molar-refractivity contribution in [1.82, 2.24) is 10.6 Å². The van der Waals surface area contributed by atoms with Crippen molar-refractivity contribution in [2.45, 2.75) is 67.0 Å². The van der Waals surface area contributed by atoms with Gasteiger partial charge in [0.05, 0.1) is 6.61 Å². The predicted octanol–water partition coefficient (Wildman–Crippen LogP) is 2.91. The third-order valence-corrected chi connectivity index (χ3v) is 4.77. The van der Waals surface area contributed by atoms with Gasteiger partial charge in [-0.1, -0.05) is 59.7 Å². The molecular formula is C25H39N3O5. The first-order chi connectivity index (χ1) is 15.4. The van der Waals surface area contributed by atoms with Crippen LogP contribution in [0.5, 0.6) is 0 Å². The van der Waals surface area contributed by atoms with Gasteiger partial charge in [-0.2, -0.15) is 0 Å². The molecular weight excluding hydrogens is 422 g/mol. The van der Waals surface area contributed by atoms with Crippen molar-refractivity contribution in [1.29, 1.82) is 0 Å². The summed E-state index contributed by atoms with van der Waals surface area (Å²) in [6.07, 6.45) is 0.304. The summed E-state index contributed by atoms with van der Waals surface area (Å²) in [6, 6.07) is 7.14. The second kappa shape index (κ2) is 13.6. The first-order valence-electron chi connectivity index (χ1n) is 11.5. The maximum absolute atomic E-state index is 13.5. The average molecular weight is 462 g/mol. The zero-order chi connectivity index (χ0) is 25.1. The van der Waals surface area contributed by atoms with E-state index in [0.29, 0.717) is 12.1 Å². The van der Waals surface area contributed by atoms with Crippen LogP contribution in [0.25, 0.3) is 0 Å². The zero-order valence-electron chi connectivity index (χ0n) is 20.9. The number of benzene rings is 1. The van der Waals surface area contributed by atoms with Crippen molar-refractivity contribution >= 4 is 29.4 Å². The van der Waals surface area contributed by atoms with Crippen LogP contribution in [0.3, 0.4) is 0 Å². The van der Waals surface area contributed by atoms with Gasteiger partial charge in [0.25, 0.3) is 0 Å². The minimum absolute atomic E-state index is 0.154. The number of esters is 1. The summed E-state index contributed by atoms with van der Waals surface area (Å²) in [7, 11) is 0. The van der Waals surface area contributed by atoms with Gasteiger partial charge in [0.1, 0.15) is 18.6 Å². The lowest BCUT2D eigenvalue weighted by molar-refractivity contribution is -0.148. The molecule has 0 aromatic heterocycles. The summed E-state index contributed by atoms with van der Waals surface area (Å²) >= 11 is 0. The number of rotatable bonds is 12. The molecule has 1 aromatic carbocycles. The minimum Gasteiger partial charge on any atom is -0.464 e. The quantitative estimate of drug-likeness (QED) is 0.466. The first kappa shape index (κ1) is 28.1. The lowest BCUT2D eigenvalue weighted by Crippen LogP contribution is -2.54. The second-order valence-corrected chi connectivity index (χ2v) is 9.46. The fraction of sp³-hybridized carbons (Fsp3) is 0.600. The van der Waals surface area contributed by atoms with Crippen LogP contribution >= 0.6 is 0 Å². The number of hydrogen-bond acceptors (Lipinski definition) is 5. The Morgan fingerprint density at radius 1 is 0.848 bits per heavy atom. The Bertz CT molecular complexity index is 792. The van der Waals surface area contributed by atoms with E-state index < -0.39 is 29.9 Å². The number of para-hydroxylation sites is 1. The predicted molar refractivity (Wildman–Crippen MR) is 128 cm³/mol. The normalized spacial score (nSPS) is 12.9. The molecule has 0 aliphatic carbocycles. The number of anilines is 1. The molecule has 8 nitrogen and oxygen atoms in total. The number of ether oxygens (including phenoxy) is 1. The molecule has 0 bridgehead atoms. The largest absolute Gasteiger partial charge is 0.464 e. The lowest BCUT2D eigenvalue weighted by atomic mass is 10.0. The lowest BCUT2D eigenvalue weighted by Gasteiger charge is -2.30. The van der Waals surface area contributed by atoms with E-state index in [1.807, 2.05) is 47.6 Å². The number of nitrogens with one attached hydrogen (secondary N) is 2. The molecule has 2 N–H and O–H groups in total. The number of nitrogens with zero attached hydrogens (tertiary/aromatic N) is 1. The molecule has 0 saturated carbocycles. The van der Waals surface area contributed by atoms with Crippen LogP contribution in [0, 0.1) is 17.8 Å². The maximum atomic E-state index is 13.5. The van der Waals surface area contributed by atoms with Crippen molar-refractivity contribution in [3.8, 4) is 0 Å². The van der Waals surface area contributed by atoms with Crippen molar-refractivity contribution in [2.75, 3.05) is 18.1 Å². The molecule has 3 amide bonds. The van der Waals surface area contributed by atoms with Crippen LogP contribution in [0.1, 0.15) is 54.9 Å². The maximum Gasteiger partial charge on any atom is 0.328 e. The number of carbonyl (C=O) groups excluding carboxylic acids is 4. The van der Waals surface area contributed by atoms with Gasteiger partial charge in [0.2, 0.25) is 17.7 Å². The standard InChI is InChI=1S/C25H39N3O5/c1-16(2)13-21(29)27-23(18(5)6)24(31)28(20-11-9-8-10-12-20)14-22(30)26-19(7)25(32)33-15-17(3)4/h8-12,16-19,23H,13-15H2,1-7H3,(H,26,30)(H,27,29)/t19-,23-/m0/s1. The monoisotopic (exact) mass is 461 g/mol. The Hall–Kier alpha value is -2.90. The molecule has 184 valence electrons. The molecule has 1 rings (SSSR count). The molecule has 0 radical (unpaired) electrons. The van der Waals surface area contributed by atoms with E-state index >= 15 is 0 Å². The topological polar surface area (TPSA) is 105 Å². The van der Waals surface area contributed by atoms with Gasteiger partial charge in [-0.15, -0.1) is 0 Å². The second-order valence-electron chi connectivity index (χ2n) is 9.46. The molecule has 0 aliphatic rings. The van der Waals surface area contributed by atoms with Crippen LogP contribution in [0.2, 0.25) is 0 Å². The van der Waals surface area contributed by atoms with Crippen LogP contribution in [-0.4, -0.2) is 48.9 Å². The smallest absolute Gasteiger partial charge is 0.328 e. The van der Waals surface area contributed by atoms with Crippen molar-refractivity contribution < 1.29 is 23.9 Å². The molecule has 0 spiro atoms. The van der Waals surface area contributed by atoms with Gasteiger partial charge in [0, 0.05) is 12.1 Å². The van der Waals surface area contributed by atoms with Crippen molar-refractivity contribution in [3.05, 3.63) is 30.3 Å². The van der Waals surface area contributed by atoms with E-state index in [9.17, 15) is 19.2 Å². The summed E-state index contributed by atoms with van der Waals surface area (Å²) < 4.78 is 5.17. The van der Waals surface area contributed by atoms with E-state index in [0.717, 1.165) is 0 Å². The summed E-state index contributed by atoms with van der Waals surface area (Å²) in [5.74, 6) is -1.49. The summed E-state index contributed by atoms with van der Waals surface area (Å²) in [5.41, 5.74) is 0.524. The molecule has 8 heteroatoms. The van der Waals surface area contributed by atoms with Gasteiger partial charge in [-0.05, 0) is 36.8 Å².